The summed E-state index contributed by atoms with van der Waals surface area (Å²) in [6, 6.07) is 18.0. The first-order chi connectivity index (χ1) is 13.1. The van der Waals surface area contributed by atoms with Gasteiger partial charge in [0.1, 0.15) is 0 Å². The summed E-state index contributed by atoms with van der Waals surface area (Å²) in [6.07, 6.45) is 3.93. The third-order valence-electron chi connectivity index (χ3n) is 5.16. The van der Waals surface area contributed by atoms with Crippen molar-refractivity contribution < 1.29 is 4.79 Å². The number of rotatable bonds is 6. The number of nitrogens with one attached hydrogen (secondary N) is 2. The first-order valence-corrected chi connectivity index (χ1v) is 10.5. The molecule has 2 N–H and O–H groups in total. The van der Waals surface area contributed by atoms with E-state index in [1.54, 1.807) is 11.8 Å². The molecule has 2 aliphatic rings. The molecule has 4 rings (SSSR count). The van der Waals surface area contributed by atoms with Gasteiger partial charge in [-0.15, -0.1) is 17.0 Å². The zero-order valence-electron chi connectivity index (χ0n) is 15.4. The van der Waals surface area contributed by atoms with Crippen LogP contribution >= 0.6 is 40.3 Å². The maximum atomic E-state index is 12.3. The zero-order chi connectivity index (χ0) is 18.7. The van der Waals surface area contributed by atoms with Gasteiger partial charge >= 0.3 is 0 Å². The lowest BCUT2D eigenvalue weighted by atomic mass is 9.72. The molecule has 0 spiro atoms. The predicted molar refractivity (Wildman–Crippen MR) is 124 cm³/mol. The average molecular weight is 481 g/mol. The smallest absolute Gasteiger partial charge is 0.239 e. The molecule has 0 aromatic heterocycles. The summed E-state index contributed by atoms with van der Waals surface area (Å²) in [4.78, 5) is 17.3. The van der Waals surface area contributed by atoms with Crippen LogP contribution in [0.5, 0.6) is 0 Å². The van der Waals surface area contributed by atoms with Crippen molar-refractivity contribution in [3.63, 3.8) is 0 Å². The summed E-state index contributed by atoms with van der Waals surface area (Å²) in [5, 5.41) is 7.73. The highest BCUT2D eigenvalue weighted by atomic mass is 79.9. The summed E-state index contributed by atoms with van der Waals surface area (Å²) >= 11 is 7.57. The van der Waals surface area contributed by atoms with Crippen LogP contribution in [0.15, 0.2) is 59.6 Å². The van der Waals surface area contributed by atoms with Crippen molar-refractivity contribution in [1.29, 1.82) is 0 Å². The number of anilines is 1. The number of thioether (sulfide) groups is 1. The Balaban J connectivity index is 0.00000225. The van der Waals surface area contributed by atoms with Gasteiger partial charge in [-0.2, -0.15) is 0 Å². The molecule has 1 unspecified atom stereocenters. The lowest BCUT2D eigenvalue weighted by molar-refractivity contribution is -0.118. The molecule has 28 heavy (non-hydrogen) atoms. The maximum Gasteiger partial charge on any atom is 0.239 e. The molecule has 1 saturated carbocycles. The molecule has 0 bridgehead atoms. The van der Waals surface area contributed by atoms with E-state index >= 15 is 0 Å². The average Bonchev–Trinajstić information content (AvgIpc) is 2.99. The van der Waals surface area contributed by atoms with Gasteiger partial charge in [0, 0.05) is 17.3 Å². The van der Waals surface area contributed by atoms with Gasteiger partial charge in [-0.1, -0.05) is 53.7 Å². The molecule has 1 aliphatic carbocycles. The molecule has 148 valence electrons. The highest BCUT2D eigenvalue weighted by Crippen LogP contribution is 2.46. The van der Waals surface area contributed by atoms with Crippen LogP contribution in [0.4, 0.5) is 5.69 Å². The number of amidine groups is 1. The number of nitrogens with zero attached hydrogens (tertiary/aromatic N) is 1. The number of carbonyl (C=O) groups excluding carboxylic acids is 1. The summed E-state index contributed by atoms with van der Waals surface area (Å²) in [5.74, 6) is 0.0548. The molecule has 1 amide bonds. The molecular weight excluding hydrogens is 458 g/mol. The van der Waals surface area contributed by atoms with E-state index < -0.39 is 0 Å². The number of hydrogen-bond donors (Lipinski definition) is 2. The Labute approximate surface area is 185 Å². The molecule has 4 nitrogen and oxygen atoms in total. The second-order valence-electron chi connectivity index (χ2n) is 6.99. The minimum Gasteiger partial charge on any atom is -0.385 e. The third kappa shape index (κ3) is 4.73. The van der Waals surface area contributed by atoms with Gasteiger partial charge in [-0.3, -0.25) is 9.79 Å². The molecule has 2 fully saturated rings. The molecule has 2 aromatic rings. The van der Waals surface area contributed by atoms with Crippen LogP contribution in [0, 0.1) is 0 Å². The van der Waals surface area contributed by atoms with E-state index in [2.05, 4.69) is 10.6 Å². The summed E-state index contributed by atoms with van der Waals surface area (Å²) in [7, 11) is 0. The van der Waals surface area contributed by atoms with Crippen LogP contribution in [0.1, 0.15) is 31.2 Å². The first-order valence-electron chi connectivity index (χ1n) is 9.27. The van der Waals surface area contributed by atoms with Gasteiger partial charge in [0.15, 0.2) is 5.17 Å². The van der Waals surface area contributed by atoms with Gasteiger partial charge in [-0.25, -0.2) is 0 Å². The lowest BCUT2D eigenvalue weighted by Crippen LogP contribution is -2.35. The lowest BCUT2D eigenvalue weighted by Gasteiger charge is -2.39. The van der Waals surface area contributed by atoms with Crippen molar-refractivity contribution in [2.45, 2.75) is 36.5 Å². The Morgan fingerprint density at radius 1 is 1.14 bits per heavy atom. The van der Waals surface area contributed by atoms with E-state index in [0.29, 0.717) is 0 Å². The van der Waals surface area contributed by atoms with E-state index in [9.17, 15) is 4.79 Å². The van der Waals surface area contributed by atoms with Crippen LogP contribution < -0.4 is 10.6 Å². The number of hydrogen-bond acceptors (Lipinski definition) is 4. The number of amides is 1. The SMILES string of the molecule is Br.O=C1NC(=NC2(c3ccc(Cl)cc3)CCC2)SC1CCNc1ccccc1. The molecule has 7 heteroatoms. The Kier molecular flexibility index (Phi) is 7.07. The van der Waals surface area contributed by atoms with Crippen LogP contribution in [0.3, 0.4) is 0 Å². The minimum atomic E-state index is -0.211. The van der Waals surface area contributed by atoms with Crippen molar-refractivity contribution >= 4 is 57.1 Å². The maximum absolute atomic E-state index is 12.3. The fourth-order valence-electron chi connectivity index (χ4n) is 3.48. The summed E-state index contributed by atoms with van der Waals surface area (Å²) < 4.78 is 0. The Morgan fingerprint density at radius 2 is 1.86 bits per heavy atom. The van der Waals surface area contributed by atoms with E-state index in [0.717, 1.165) is 48.1 Å². The largest absolute Gasteiger partial charge is 0.385 e. The van der Waals surface area contributed by atoms with E-state index in [1.807, 2.05) is 54.6 Å². The second kappa shape index (κ2) is 9.33. The van der Waals surface area contributed by atoms with Crippen LogP contribution in [0.25, 0.3) is 0 Å². The molecule has 1 atom stereocenters. The van der Waals surface area contributed by atoms with E-state index in [4.69, 9.17) is 16.6 Å². The quantitative estimate of drug-likeness (QED) is 0.583. The number of benzene rings is 2. The predicted octanol–water partition coefficient (Wildman–Crippen LogP) is 5.39. The highest BCUT2D eigenvalue weighted by Gasteiger charge is 2.41. The molecule has 0 radical (unpaired) electrons. The van der Waals surface area contributed by atoms with E-state index in [1.165, 1.54) is 5.56 Å². The van der Waals surface area contributed by atoms with Gasteiger partial charge in [0.25, 0.3) is 0 Å². The highest BCUT2D eigenvalue weighted by molar-refractivity contribution is 8.93. The molecule has 1 aliphatic heterocycles. The van der Waals surface area contributed by atoms with Crippen molar-refractivity contribution in [1.82, 2.24) is 5.32 Å². The van der Waals surface area contributed by atoms with Crippen molar-refractivity contribution in [2.75, 3.05) is 11.9 Å². The Bertz CT molecular complexity index is 840. The zero-order valence-corrected chi connectivity index (χ0v) is 18.6. The molecule has 1 saturated heterocycles. The topological polar surface area (TPSA) is 53.5 Å². The monoisotopic (exact) mass is 479 g/mol. The van der Waals surface area contributed by atoms with Gasteiger partial charge in [0.05, 0.1) is 10.8 Å². The van der Waals surface area contributed by atoms with Gasteiger partial charge in [-0.05, 0) is 55.5 Å². The van der Waals surface area contributed by atoms with Crippen LogP contribution in [-0.2, 0) is 10.3 Å². The Hall–Kier alpha value is -1.50. The van der Waals surface area contributed by atoms with Crippen molar-refractivity contribution in [2.24, 2.45) is 4.99 Å². The standard InChI is InChI=1S/C21H22ClN3OS.BrH/c22-16-9-7-15(8-10-16)21(12-4-13-21)25-20-24-19(26)18(27-20)11-14-23-17-5-2-1-3-6-17;/h1-3,5-10,18,23H,4,11-14H2,(H,24,25,26);1H. The van der Waals surface area contributed by atoms with Gasteiger partial charge in [0.2, 0.25) is 5.91 Å². The Morgan fingerprint density at radius 3 is 2.50 bits per heavy atom. The number of aliphatic imine (C=N–C) groups is 1. The number of para-hydroxylation sites is 1. The molecule has 2 aromatic carbocycles. The second-order valence-corrected chi connectivity index (χ2v) is 8.61. The molecular formula is C21H23BrClN3OS. The summed E-state index contributed by atoms with van der Waals surface area (Å²) in [5.41, 5.74) is 2.04. The third-order valence-corrected chi connectivity index (χ3v) is 6.57. The van der Waals surface area contributed by atoms with Crippen LogP contribution in [-0.4, -0.2) is 22.9 Å². The van der Waals surface area contributed by atoms with Crippen molar-refractivity contribution in [3.8, 4) is 0 Å². The van der Waals surface area contributed by atoms with Crippen molar-refractivity contribution in [3.05, 3.63) is 65.2 Å². The normalized spacial score (nSPS) is 21.5. The number of carbonyl (C=O) groups is 1. The van der Waals surface area contributed by atoms with Gasteiger partial charge < -0.3 is 10.6 Å². The fraction of sp³-hybridized carbons (Fsp3) is 0.333. The van der Waals surface area contributed by atoms with E-state index in [-0.39, 0.29) is 33.7 Å². The van der Waals surface area contributed by atoms with Crippen LogP contribution in [0.2, 0.25) is 5.02 Å². The first kappa shape index (κ1) is 21.2. The minimum absolute atomic E-state index is 0. The molecule has 1 heterocycles. The number of halogens is 2. The summed E-state index contributed by atoms with van der Waals surface area (Å²) in [6.45, 7) is 0.755. The fourth-order valence-corrected chi connectivity index (χ4v) is 4.67.